The molecule has 1 aromatic heterocycles. The molecule has 30 heavy (non-hydrogen) atoms. The van der Waals surface area contributed by atoms with Gasteiger partial charge in [0, 0.05) is 18.5 Å². The third-order valence-electron chi connectivity index (χ3n) is 5.28. The highest BCUT2D eigenvalue weighted by molar-refractivity contribution is 5.81. The topological polar surface area (TPSA) is 115 Å². The van der Waals surface area contributed by atoms with Gasteiger partial charge in [0.05, 0.1) is 0 Å². The van der Waals surface area contributed by atoms with Crippen molar-refractivity contribution in [3.63, 3.8) is 0 Å². The van der Waals surface area contributed by atoms with Crippen molar-refractivity contribution < 1.29 is 19.4 Å². The van der Waals surface area contributed by atoms with Gasteiger partial charge < -0.3 is 20.9 Å². The number of nitrogens with two attached hydrogens (primary N) is 1. The van der Waals surface area contributed by atoms with Crippen molar-refractivity contribution >= 4 is 17.9 Å². The molecule has 1 amide bonds. The number of nitrogen functional groups attached to an aromatic ring is 1. The van der Waals surface area contributed by atoms with Crippen LogP contribution in [-0.4, -0.2) is 34.8 Å². The van der Waals surface area contributed by atoms with Gasteiger partial charge in [0.2, 0.25) is 0 Å². The van der Waals surface area contributed by atoms with Crippen molar-refractivity contribution in [2.45, 2.75) is 18.4 Å². The molecule has 7 nitrogen and oxygen atoms in total. The molecule has 0 saturated heterocycles. The van der Waals surface area contributed by atoms with Gasteiger partial charge in [0.1, 0.15) is 18.5 Å². The standard InChI is InChI=1S/C23H21N3O4/c24-21-14(6-5-11-25-21)12-20(22(27)28)26-23(29)30-13-19-17-9-3-1-7-15(17)16-8-2-4-10-18(16)19/h1-11,19-20H,12-13H2,(H2,24,25)(H,26,29)(H,27,28). The Bertz CT molecular complexity index is 1050. The van der Waals surface area contributed by atoms with Gasteiger partial charge in [-0.1, -0.05) is 54.6 Å². The number of aromatic nitrogens is 1. The molecule has 0 spiro atoms. The van der Waals surface area contributed by atoms with Crippen LogP contribution in [0.3, 0.4) is 0 Å². The SMILES string of the molecule is Nc1ncccc1CC(NC(=O)OCC1c2ccccc2-c2ccccc21)C(=O)O. The number of nitrogens with zero attached hydrogens (tertiary/aromatic N) is 1. The number of fused-ring (bicyclic) bond motifs is 3. The predicted molar refractivity (Wildman–Crippen MR) is 112 cm³/mol. The zero-order chi connectivity index (χ0) is 21.1. The van der Waals surface area contributed by atoms with Crippen molar-refractivity contribution in [2.24, 2.45) is 0 Å². The normalized spacial score (nSPS) is 13.2. The van der Waals surface area contributed by atoms with Gasteiger partial charge in [-0.3, -0.25) is 0 Å². The molecular weight excluding hydrogens is 382 g/mol. The second kappa shape index (κ2) is 8.24. The lowest BCUT2D eigenvalue weighted by Gasteiger charge is -2.18. The number of pyridine rings is 1. The minimum absolute atomic E-state index is 0.0131. The molecule has 1 unspecified atom stereocenters. The Kier molecular flexibility index (Phi) is 5.34. The van der Waals surface area contributed by atoms with E-state index < -0.39 is 18.1 Å². The fraction of sp³-hybridized carbons (Fsp3) is 0.174. The Hall–Kier alpha value is -3.87. The summed E-state index contributed by atoms with van der Waals surface area (Å²) < 4.78 is 5.43. The predicted octanol–water partition coefficient (Wildman–Crippen LogP) is 3.20. The second-order valence-corrected chi connectivity index (χ2v) is 7.11. The Morgan fingerprint density at radius 1 is 1.03 bits per heavy atom. The lowest BCUT2D eigenvalue weighted by Crippen LogP contribution is -2.43. The van der Waals surface area contributed by atoms with E-state index in [-0.39, 0.29) is 24.8 Å². The van der Waals surface area contributed by atoms with Gasteiger partial charge in [-0.15, -0.1) is 0 Å². The zero-order valence-electron chi connectivity index (χ0n) is 16.1. The molecule has 7 heteroatoms. The van der Waals surface area contributed by atoms with Crippen molar-refractivity contribution in [3.05, 3.63) is 83.6 Å². The summed E-state index contributed by atoms with van der Waals surface area (Å²) in [6.07, 6.45) is 0.749. The number of benzene rings is 2. The Balaban J connectivity index is 1.44. The smallest absolute Gasteiger partial charge is 0.407 e. The van der Waals surface area contributed by atoms with Gasteiger partial charge in [0.25, 0.3) is 0 Å². The van der Waals surface area contributed by atoms with Crippen molar-refractivity contribution in [1.29, 1.82) is 0 Å². The number of ether oxygens (including phenoxy) is 1. The Morgan fingerprint density at radius 2 is 1.67 bits per heavy atom. The molecule has 1 atom stereocenters. The largest absolute Gasteiger partial charge is 0.480 e. The molecule has 4 N–H and O–H groups in total. The number of carboxylic acid groups (broad SMARTS) is 1. The fourth-order valence-corrected chi connectivity index (χ4v) is 3.83. The summed E-state index contributed by atoms with van der Waals surface area (Å²) >= 11 is 0. The minimum Gasteiger partial charge on any atom is -0.480 e. The molecular formula is C23H21N3O4. The van der Waals surface area contributed by atoms with Crippen LogP contribution in [0.1, 0.15) is 22.6 Å². The summed E-state index contributed by atoms with van der Waals surface area (Å²) in [4.78, 5) is 27.9. The summed E-state index contributed by atoms with van der Waals surface area (Å²) in [7, 11) is 0. The number of amides is 1. The first-order valence-electron chi connectivity index (χ1n) is 9.58. The fourth-order valence-electron chi connectivity index (χ4n) is 3.83. The molecule has 2 aromatic carbocycles. The summed E-state index contributed by atoms with van der Waals surface area (Å²) in [6.45, 7) is 0.112. The number of anilines is 1. The number of carbonyl (C=O) groups excluding carboxylic acids is 1. The van der Waals surface area contributed by atoms with E-state index in [0.717, 1.165) is 22.3 Å². The van der Waals surface area contributed by atoms with E-state index in [0.29, 0.717) is 5.56 Å². The van der Waals surface area contributed by atoms with Gasteiger partial charge in [-0.25, -0.2) is 14.6 Å². The van der Waals surface area contributed by atoms with Gasteiger partial charge >= 0.3 is 12.1 Å². The average molecular weight is 403 g/mol. The molecule has 4 rings (SSSR count). The van der Waals surface area contributed by atoms with Crippen LogP contribution in [0, 0.1) is 0 Å². The van der Waals surface area contributed by atoms with E-state index in [1.165, 1.54) is 6.20 Å². The van der Waals surface area contributed by atoms with E-state index in [1.54, 1.807) is 12.1 Å². The third kappa shape index (κ3) is 3.82. The Morgan fingerprint density at radius 3 is 2.27 bits per heavy atom. The van der Waals surface area contributed by atoms with E-state index in [1.807, 2.05) is 48.5 Å². The Labute approximate surface area is 173 Å². The van der Waals surface area contributed by atoms with Crippen LogP contribution < -0.4 is 11.1 Å². The highest BCUT2D eigenvalue weighted by Crippen LogP contribution is 2.44. The van der Waals surface area contributed by atoms with Crippen LogP contribution in [-0.2, 0) is 16.0 Å². The maximum Gasteiger partial charge on any atom is 0.407 e. The summed E-state index contributed by atoms with van der Waals surface area (Å²) in [5.41, 5.74) is 10.7. The number of nitrogens with one attached hydrogen (secondary N) is 1. The molecule has 1 aliphatic rings. The average Bonchev–Trinajstić information content (AvgIpc) is 3.07. The molecule has 152 valence electrons. The molecule has 0 aliphatic heterocycles. The first kappa shape index (κ1) is 19.4. The van der Waals surface area contributed by atoms with Crippen molar-refractivity contribution in [2.75, 3.05) is 12.3 Å². The first-order valence-corrected chi connectivity index (χ1v) is 9.58. The van der Waals surface area contributed by atoms with Crippen molar-refractivity contribution in [1.82, 2.24) is 10.3 Å². The molecule has 0 saturated carbocycles. The lowest BCUT2D eigenvalue weighted by molar-refractivity contribution is -0.139. The maximum atomic E-state index is 12.4. The minimum atomic E-state index is -1.17. The number of hydrogen-bond acceptors (Lipinski definition) is 5. The summed E-state index contributed by atoms with van der Waals surface area (Å²) in [5.74, 6) is -1.04. The van der Waals surface area contributed by atoms with E-state index in [2.05, 4.69) is 10.3 Å². The summed E-state index contributed by atoms with van der Waals surface area (Å²) in [5, 5.41) is 11.9. The quantitative estimate of drug-likeness (QED) is 0.582. The molecule has 0 bridgehead atoms. The zero-order valence-corrected chi connectivity index (χ0v) is 16.1. The summed E-state index contributed by atoms with van der Waals surface area (Å²) in [6, 6.07) is 18.2. The van der Waals surface area contributed by atoms with Gasteiger partial charge in [-0.2, -0.15) is 0 Å². The van der Waals surface area contributed by atoms with Crippen LogP contribution in [0.5, 0.6) is 0 Å². The van der Waals surface area contributed by atoms with Crippen LogP contribution >= 0.6 is 0 Å². The van der Waals surface area contributed by atoms with Gasteiger partial charge in [-0.05, 0) is 33.9 Å². The lowest BCUT2D eigenvalue weighted by atomic mass is 9.98. The number of carbonyl (C=O) groups is 2. The number of alkyl carbamates (subject to hydrolysis) is 1. The number of carboxylic acids is 1. The highest BCUT2D eigenvalue weighted by Gasteiger charge is 2.29. The van der Waals surface area contributed by atoms with Gasteiger partial charge in [0.15, 0.2) is 0 Å². The monoisotopic (exact) mass is 403 g/mol. The third-order valence-corrected chi connectivity index (χ3v) is 5.28. The molecule has 1 aliphatic carbocycles. The number of aliphatic carboxylic acids is 1. The van der Waals surface area contributed by atoms with Crippen LogP contribution in [0.25, 0.3) is 11.1 Å². The maximum absolute atomic E-state index is 12.4. The molecule has 3 aromatic rings. The number of rotatable bonds is 6. The van der Waals surface area contributed by atoms with E-state index >= 15 is 0 Å². The van der Waals surface area contributed by atoms with Crippen molar-refractivity contribution in [3.8, 4) is 11.1 Å². The highest BCUT2D eigenvalue weighted by atomic mass is 16.5. The van der Waals surface area contributed by atoms with E-state index in [9.17, 15) is 14.7 Å². The molecule has 0 radical (unpaired) electrons. The molecule has 0 fully saturated rings. The second-order valence-electron chi connectivity index (χ2n) is 7.11. The van der Waals surface area contributed by atoms with Crippen LogP contribution in [0.15, 0.2) is 66.9 Å². The molecule has 1 heterocycles. The van der Waals surface area contributed by atoms with Crippen LogP contribution in [0.2, 0.25) is 0 Å². The first-order chi connectivity index (χ1) is 14.5. The number of hydrogen-bond donors (Lipinski definition) is 3. The van der Waals surface area contributed by atoms with Crippen LogP contribution in [0.4, 0.5) is 10.6 Å². The van der Waals surface area contributed by atoms with E-state index in [4.69, 9.17) is 10.5 Å².